The minimum atomic E-state index is -0.629. The molecule has 4 aromatic rings. The minimum Gasteiger partial charge on any atom is -0.388 e. The maximum atomic E-state index is 10.4. The summed E-state index contributed by atoms with van der Waals surface area (Å²) in [5, 5.41) is 13.9. The lowest BCUT2D eigenvalue weighted by Crippen LogP contribution is -2.46. The average Bonchev–Trinajstić information content (AvgIpc) is 3.48. The molecule has 0 spiro atoms. The number of nitrogens with zero attached hydrogens (tertiary/aromatic N) is 5. The second-order valence-electron chi connectivity index (χ2n) is 9.21. The summed E-state index contributed by atoms with van der Waals surface area (Å²) in [6.07, 6.45) is 9.50. The summed E-state index contributed by atoms with van der Waals surface area (Å²) in [6.45, 7) is 4.26. The number of anilines is 3. The number of piperidine rings is 1. The van der Waals surface area contributed by atoms with Gasteiger partial charge in [0.1, 0.15) is 0 Å². The van der Waals surface area contributed by atoms with E-state index in [4.69, 9.17) is 4.98 Å². The summed E-state index contributed by atoms with van der Waals surface area (Å²) >= 11 is 0. The van der Waals surface area contributed by atoms with Crippen molar-refractivity contribution < 1.29 is 5.11 Å². The Labute approximate surface area is 192 Å². The molecule has 4 heterocycles. The lowest BCUT2D eigenvalue weighted by Gasteiger charge is -2.38. The van der Waals surface area contributed by atoms with E-state index in [1.165, 1.54) is 11.1 Å². The largest absolute Gasteiger partial charge is 0.388 e. The first-order valence-corrected chi connectivity index (χ1v) is 11.4. The van der Waals surface area contributed by atoms with Crippen LogP contribution in [-0.2, 0) is 6.54 Å². The molecular weight excluding hydrogens is 412 g/mol. The van der Waals surface area contributed by atoms with Crippen LogP contribution >= 0.6 is 0 Å². The van der Waals surface area contributed by atoms with Gasteiger partial charge in [0.15, 0.2) is 11.5 Å². The number of imidazole rings is 1. The van der Waals surface area contributed by atoms with Gasteiger partial charge < -0.3 is 19.7 Å². The van der Waals surface area contributed by atoms with E-state index in [0.29, 0.717) is 12.4 Å². The van der Waals surface area contributed by atoms with E-state index < -0.39 is 5.60 Å². The third-order valence-corrected chi connectivity index (χ3v) is 6.47. The van der Waals surface area contributed by atoms with Crippen LogP contribution in [0.15, 0.2) is 66.0 Å². The number of rotatable bonds is 4. The molecule has 2 aliphatic rings. The highest BCUT2D eigenvalue weighted by atomic mass is 16.3. The molecule has 0 unspecified atom stereocenters. The standard InChI is InChI=1S/C26H26N6O/c1-26(33)9-2-11-32(17-26)22-7-5-21(6-8-22)29-24-25-28-10-12-31(25)16-23(30-24)18-3-4-19-14-27-15-20(19)13-18/h3-8,10,12-14,16,33H,2,9,11,15,17H2,1H3,(H,29,30)/t26-/m1/s1. The van der Waals surface area contributed by atoms with Crippen LogP contribution in [0.2, 0.25) is 0 Å². The van der Waals surface area contributed by atoms with Crippen molar-refractivity contribution in [2.75, 3.05) is 23.3 Å². The van der Waals surface area contributed by atoms with Crippen molar-refractivity contribution in [3.63, 3.8) is 0 Å². The first-order chi connectivity index (χ1) is 16.0. The van der Waals surface area contributed by atoms with Crippen LogP contribution in [0.3, 0.4) is 0 Å². The maximum absolute atomic E-state index is 10.4. The van der Waals surface area contributed by atoms with Crippen molar-refractivity contribution >= 4 is 29.1 Å². The number of aromatic nitrogens is 3. The normalized spacial score (nSPS) is 19.8. The number of fused-ring (bicyclic) bond motifs is 2. The molecule has 1 saturated heterocycles. The Hall–Kier alpha value is -3.71. The van der Waals surface area contributed by atoms with Gasteiger partial charge in [-0.3, -0.25) is 4.99 Å². The van der Waals surface area contributed by atoms with Crippen molar-refractivity contribution in [3.8, 4) is 11.3 Å². The number of nitrogens with one attached hydrogen (secondary N) is 1. The van der Waals surface area contributed by atoms with E-state index in [1.807, 2.05) is 29.9 Å². The van der Waals surface area contributed by atoms with Crippen LogP contribution in [0.25, 0.3) is 16.9 Å². The third kappa shape index (κ3) is 3.85. The minimum absolute atomic E-state index is 0.629. The summed E-state index contributed by atoms with van der Waals surface area (Å²) in [6, 6.07) is 14.7. The molecule has 0 saturated carbocycles. The van der Waals surface area contributed by atoms with E-state index in [2.05, 4.69) is 62.7 Å². The molecule has 0 radical (unpaired) electrons. The molecule has 0 aliphatic carbocycles. The molecule has 1 atom stereocenters. The van der Waals surface area contributed by atoms with Crippen LogP contribution in [0.5, 0.6) is 0 Å². The Morgan fingerprint density at radius 3 is 2.85 bits per heavy atom. The Morgan fingerprint density at radius 2 is 2.00 bits per heavy atom. The predicted molar refractivity (Wildman–Crippen MR) is 132 cm³/mol. The molecule has 7 heteroatoms. The zero-order chi connectivity index (χ0) is 22.4. The molecule has 166 valence electrons. The lowest BCUT2D eigenvalue weighted by molar-refractivity contribution is 0.0449. The highest BCUT2D eigenvalue weighted by Gasteiger charge is 2.28. The van der Waals surface area contributed by atoms with Crippen LogP contribution in [-0.4, -0.2) is 44.4 Å². The molecule has 2 N–H and O–H groups in total. The van der Waals surface area contributed by atoms with Gasteiger partial charge >= 0.3 is 0 Å². The first kappa shape index (κ1) is 19.9. The predicted octanol–water partition coefficient (Wildman–Crippen LogP) is 4.42. The van der Waals surface area contributed by atoms with E-state index >= 15 is 0 Å². The summed E-state index contributed by atoms with van der Waals surface area (Å²) in [5.74, 6) is 0.711. The Morgan fingerprint density at radius 1 is 1.12 bits per heavy atom. The van der Waals surface area contributed by atoms with Gasteiger partial charge in [-0.15, -0.1) is 0 Å². The van der Waals surface area contributed by atoms with Crippen molar-refractivity contribution in [2.24, 2.45) is 4.99 Å². The topological polar surface area (TPSA) is 78.0 Å². The SMILES string of the molecule is C[C@@]1(O)CCCN(c2ccc(Nc3nc(-c4ccc5c(c4)CN=C5)cn4ccnc34)cc2)C1. The summed E-state index contributed by atoms with van der Waals surface area (Å²) in [4.78, 5) is 16.0. The van der Waals surface area contributed by atoms with Gasteiger partial charge in [0, 0.05) is 54.8 Å². The highest BCUT2D eigenvalue weighted by Crippen LogP contribution is 2.29. The van der Waals surface area contributed by atoms with E-state index in [1.54, 1.807) is 6.20 Å². The number of β-amino-alcohol motifs (C(OH)–C–C–N with tert-alkyl or cyclic N) is 1. The molecule has 2 aromatic carbocycles. The third-order valence-electron chi connectivity index (χ3n) is 6.47. The Kier molecular flexibility index (Phi) is 4.66. The number of hydrogen-bond donors (Lipinski definition) is 2. The molecule has 2 aromatic heterocycles. The van der Waals surface area contributed by atoms with Gasteiger partial charge in [-0.2, -0.15) is 0 Å². The van der Waals surface area contributed by atoms with Gasteiger partial charge in [-0.1, -0.05) is 12.1 Å². The van der Waals surface area contributed by atoms with Crippen LogP contribution < -0.4 is 10.2 Å². The number of aliphatic imine (C=N–C) groups is 1. The molecule has 2 aliphatic heterocycles. The second kappa shape index (κ2) is 7.71. The van der Waals surface area contributed by atoms with E-state index in [9.17, 15) is 5.11 Å². The second-order valence-corrected chi connectivity index (χ2v) is 9.21. The molecule has 7 nitrogen and oxygen atoms in total. The Balaban J connectivity index is 1.29. The van der Waals surface area contributed by atoms with Crippen molar-refractivity contribution in [1.29, 1.82) is 0 Å². The van der Waals surface area contributed by atoms with Gasteiger partial charge in [-0.25, -0.2) is 9.97 Å². The monoisotopic (exact) mass is 438 g/mol. The molecule has 33 heavy (non-hydrogen) atoms. The first-order valence-electron chi connectivity index (χ1n) is 11.4. The zero-order valence-electron chi connectivity index (χ0n) is 18.6. The van der Waals surface area contributed by atoms with Crippen molar-refractivity contribution in [1.82, 2.24) is 14.4 Å². The van der Waals surface area contributed by atoms with E-state index in [-0.39, 0.29) is 0 Å². The van der Waals surface area contributed by atoms with Gasteiger partial charge in [0.05, 0.1) is 17.8 Å². The zero-order valence-corrected chi connectivity index (χ0v) is 18.6. The maximum Gasteiger partial charge on any atom is 0.180 e. The number of hydrogen-bond acceptors (Lipinski definition) is 6. The highest BCUT2D eigenvalue weighted by molar-refractivity contribution is 5.86. The molecule has 1 fully saturated rings. The van der Waals surface area contributed by atoms with E-state index in [0.717, 1.165) is 54.2 Å². The van der Waals surface area contributed by atoms with Gasteiger partial charge in [0.2, 0.25) is 0 Å². The fourth-order valence-corrected chi connectivity index (χ4v) is 4.76. The van der Waals surface area contributed by atoms with Crippen LogP contribution in [0.4, 0.5) is 17.2 Å². The molecule has 0 bridgehead atoms. The smallest absolute Gasteiger partial charge is 0.180 e. The van der Waals surface area contributed by atoms with Crippen LogP contribution in [0, 0.1) is 0 Å². The van der Waals surface area contributed by atoms with Crippen molar-refractivity contribution in [2.45, 2.75) is 31.9 Å². The Bertz CT molecular complexity index is 1360. The quantitative estimate of drug-likeness (QED) is 0.493. The summed E-state index contributed by atoms with van der Waals surface area (Å²) in [7, 11) is 0. The lowest BCUT2D eigenvalue weighted by atomic mass is 9.95. The fraction of sp³-hybridized carbons (Fsp3) is 0.269. The average molecular weight is 439 g/mol. The number of aliphatic hydroxyl groups is 1. The molecule has 0 amide bonds. The summed E-state index contributed by atoms with van der Waals surface area (Å²) in [5.41, 5.74) is 6.55. The van der Waals surface area contributed by atoms with Gasteiger partial charge in [0.25, 0.3) is 0 Å². The van der Waals surface area contributed by atoms with Crippen LogP contribution in [0.1, 0.15) is 30.9 Å². The molecular formula is C26H26N6O. The summed E-state index contributed by atoms with van der Waals surface area (Å²) < 4.78 is 2.00. The fourth-order valence-electron chi connectivity index (χ4n) is 4.76. The molecule has 6 rings (SSSR count). The van der Waals surface area contributed by atoms with Gasteiger partial charge in [-0.05, 0) is 61.2 Å². The van der Waals surface area contributed by atoms with Crippen molar-refractivity contribution in [3.05, 3.63) is 72.2 Å². The number of benzene rings is 2.